The first-order chi connectivity index (χ1) is 10.7. The molecule has 23 heavy (non-hydrogen) atoms. The number of hydrogen-bond acceptors (Lipinski definition) is 6. The Morgan fingerprint density at radius 1 is 1.26 bits per heavy atom. The van der Waals surface area contributed by atoms with Gasteiger partial charge in [-0.1, -0.05) is 11.3 Å². The molecule has 0 fully saturated rings. The number of hydrogen-bond donors (Lipinski definition) is 1. The molecule has 0 spiro atoms. The van der Waals surface area contributed by atoms with Crippen molar-refractivity contribution in [3.63, 3.8) is 0 Å². The summed E-state index contributed by atoms with van der Waals surface area (Å²) in [5.41, 5.74) is 0.487. The Bertz CT molecular complexity index is 811. The lowest BCUT2D eigenvalue weighted by atomic mass is 10.3. The SMILES string of the molecule is COc1ccc(S(=O)(=O)Nc2nc(C)c(C(=O)N(C)C)s2)cc1. The van der Waals surface area contributed by atoms with Crippen molar-refractivity contribution in [1.82, 2.24) is 9.88 Å². The highest BCUT2D eigenvalue weighted by Crippen LogP contribution is 2.26. The van der Waals surface area contributed by atoms with Gasteiger partial charge in [0.15, 0.2) is 5.13 Å². The average Bonchev–Trinajstić information content (AvgIpc) is 2.86. The van der Waals surface area contributed by atoms with Crippen LogP contribution in [0.3, 0.4) is 0 Å². The minimum absolute atomic E-state index is 0.0895. The van der Waals surface area contributed by atoms with Gasteiger partial charge < -0.3 is 9.64 Å². The van der Waals surface area contributed by atoms with Crippen LogP contribution in [0.5, 0.6) is 5.75 Å². The summed E-state index contributed by atoms with van der Waals surface area (Å²) < 4.78 is 32.1. The van der Waals surface area contributed by atoms with Crippen LogP contribution in [0, 0.1) is 6.92 Å². The molecular weight excluding hydrogens is 338 g/mol. The summed E-state index contributed by atoms with van der Waals surface area (Å²) in [6.07, 6.45) is 0. The molecule has 0 saturated carbocycles. The third kappa shape index (κ3) is 3.80. The Balaban J connectivity index is 2.27. The van der Waals surface area contributed by atoms with E-state index in [-0.39, 0.29) is 15.9 Å². The fourth-order valence-corrected chi connectivity index (χ4v) is 3.99. The zero-order valence-corrected chi connectivity index (χ0v) is 14.8. The van der Waals surface area contributed by atoms with Crippen LogP contribution in [-0.2, 0) is 10.0 Å². The molecule has 2 aromatic rings. The second-order valence-corrected chi connectivity index (χ2v) is 7.60. The molecule has 0 aliphatic rings. The number of sulfonamides is 1. The van der Waals surface area contributed by atoms with Crippen LogP contribution < -0.4 is 9.46 Å². The first kappa shape index (κ1) is 17.2. The third-order valence-electron chi connectivity index (χ3n) is 2.99. The van der Waals surface area contributed by atoms with E-state index in [4.69, 9.17) is 4.74 Å². The first-order valence-electron chi connectivity index (χ1n) is 6.60. The molecular formula is C14H17N3O4S2. The lowest BCUT2D eigenvalue weighted by Gasteiger charge is -2.08. The van der Waals surface area contributed by atoms with Crippen molar-refractivity contribution in [2.45, 2.75) is 11.8 Å². The van der Waals surface area contributed by atoms with E-state index in [2.05, 4.69) is 9.71 Å². The molecule has 1 aromatic carbocycles. The van der Waals surface area contributed by atoms with Gasteiger partial charge >= 0.3 is 0 Å². The molecule has 0 saturated heterocycles. The summed E-state index contributed by atoms with van der Waals surface area (Å²) in [5, 5.41) is 0.156. The lowest BCUT2D eigenvalue weighted by Crippen LogP contribution is -2.21. The normalized spacial score (nSPS) is 11.1. The van der Waals surface area contributed by atoms with Crippen LogP contribution in [0.1, 0.15) is 15.4 Å². The number of methoxy groups -OCH3 is 1. The van der Waals surface area contributed by atoms with Gasteiger partial charge in [0.05, 0.1) is 17.7 Å². The second-order valence-electron chi connectivity index (χ2n) is 4.91. The highest BCUT2D eigenvalue weighted by atomic mass is 32.2. The number of amides is 1. The Hall–Kier alpha value is -2.13. The summed E-state index contributed by atoms with van der Waals surface area (Å²) in [5.74, 6) is 0.350. The van der Waals surface area contributed by atoms with Crippen molar-refractivity contribution < 1.29 is 17.9 Å². The molecule has 2 rings (SSSR count). The van der Waals surface area contributed by atoms with Gasteiger partial charge in [-0.2, -0.15) is 0 Å². The molecule has 0 atom stereocenters. The van der Waals surface area contributed by atoms with E-state index in [1.54, 1.807) is 33.2 Å². The maximum absolute atomic E-state index is 12.3. The predicted molar refractivity (Wildman–Crippen MR) is 88.7 cm³/mol. The van der Waals surface area contributed by atoms with E-state index in [1.165, 1.54) is 24.1 Å². The molecule has 7 nitrogen and oxygen atoms in total. The van der Waals surface area contributed by atoms with Crippen LogP contribution >= 0.6 is 11.3 Å². The van der Waals surface area contributed by atoms with Gasteiger partial charge in [0.25, 0.3) is 15.9 Å². The quantitative estimate of drug-likeness (QED) is 0.886. The van der Waals surface area contributed by atoms with Gasteiger partial charge in [-0.05, 0) is 31.2 Å². The van der Waals surface area contributed by atoms with Crippen molar-refractivity contribution in [3.05, 3.63) is 34.8 Å². The van der Waals surface area contributed by atoms with Gasteiger partial charge in [0, 0.05) is 14.1 Å². The van der Waals surface area contributed by atoms with E-state index < -0.39 is 10.0 Å². The average molecular weight is 355 g/mol. The molecule has 1 N–H and O–H groups in total. The predicted octanol–water partition coefficient (Wildman–Crippen LogP) is 1.96. The summed E-state index contributed by atoms with van der Waals surface area (Å²) in [6.45, 7) is 1.67. The molecule has 0 bridgehead atoms. The number of nitrogens with one attached hydrogen (secondary N) is 1. The zero-order valence-electron chi connectivity index (χ0n) is 13.2. The highest BCUT2D eigenvalue weighted by molar-refractivity contribution is 7.93. The van der Waals surface area contributed by atoms with Crippen molar-refractivity contribution >= 4 is 32.4 Å². The van der Waals surface area contributed by atoms with Crippen molar-refractivity contribution in [3.8, 4) is 5.75 Å². The number of rotatable bonds is 5. The number of ether oxygens (including phenoxy) is 1. The number of anilines is 1. The maximum Gasteiger partial charge on any atom is 0.265 e. The van der Waals surface area contributed by atoms with Crippen molar-refractivity contribution in [2.75, 3.05) is 25.9 Å². The zero-order chi connectivity index (χ0) is 17.2. The molecule has 9 heteroatoms. The van der Waals surface area contributed by atoms with Gasteiger partial charge in [0.2, 0.25) is 0 Å². The summed E-state index contributed by atoms with van der Waals surface area (Å²) in [7, 11) is 0.988. The van der Waals surface area contributed by atoms with E-state index in [9.17, 15) is 13.2 Å². The van der Waals surface area contributed by atoms with Crippen LogP contribution in [0.4, 0.5) is 5.13 Å². The summed E-state index contributed by atoms with van der Waals surface area (Å²) >= 11 is 1.01. The fourth-order valence-electron chi connectivity index (χ4n) is 1.77. The number of nitrogens with zero attached hydrogens (tertiary/aromatic N) is 2. The second kappa shape index (κ2) is 6.55. The summed E-state index contributed by atoms with van der Waals surface area (Å²) in [6, 6.07) is 5.99. The lowest BCUT2D eigenvalue weighted by molar-refractivity contribution is 0.0831. The van der Waals surface area contributed by atoms with Crippen LogP contribution in [0.15, 0.2) is 29.2 Å². The Kier molecular flexibility index (Phi) is 4.90. The topological polar surface area (TPSA) is 88.6 Å². The highest BCUT2D eigenvalue weighted by Gasteiger charge is 2.21. The van der Waals surface area contributed by atoms with Gasteiger partial charge in [-0.3, -0.25) is 9.52 Å². The monoisotopic (exact) mass is 355 g/mol. The number of benzene rings is 1. The Morgan fingerprint density at radius 3 is 2.39 bits per heavy atom. The molecule has 0 radical (unpaired) electrons. The molecule has 1 amide bonds. The number of thiazole rings is 1. The molecule has 0 aliphatic carbocycles. The Labute approximate surface area is 139 Å². The minimum atomic E-state index is -3.77. The molecule has 1 aromatic heterocycles. The molecule has 0 aliphatic heterocycles. The number of carbonyl (C=O) groups excluding carboxylic acids is 1. The van der Waals surface area contributed by atoms with Crippen LogP contribution in [0.2, 0.25) is 0 Å². The molecule has 1 heterocycles. The number of aryl methyl sites for hydroxylation is 1. The fraction of sp³-hybridized carbons (Fsp3) is 0.286. The number of aromatic nitrogens is 1. The van der Waals surface area contributed by atoms with E-state index >= 15 is 0 Å². The van der Waals surface area contributed by atoms with E-state index in [1.807, 2.05) is 0 Å². The smallest absolute Gasteiger partial charge is 0.265 e. The van der Waals surface area contributed by atoms with Gasteiger partial charge in [0.1, 0.15) is 10.6 Å². The largest absolute Gasteiger partial charge is 0.497 e. The third-order valence-corrected chi connectivity index (χ3v) is 5.53. The first-order valence-corrected chi connectivity index (χ1v) is 8.90. The van der Waals surface area contributed by atoms with E-state index in [0.29, 0.717) is 16.3 Å². The summed E-state index contributed by atoms with van der Waals surface area (Å²) in [4.78, 5) is 18.0. The van der Waals surface area contributed by atoms with Crippen LogP contribution in [-0.4, -0.2) is 45.4 Å². The molecule has 0 unspecified atom stereocenters. The van der Waals surface area contributed by atoms with Gasteiger partial charge in [-0.25, -0.2) is 13.4 Å². The number of carbonyl (C=O) groups is 1. The van der Waals surface area contributed by atoms with Crippen molar-refractivity contribution in [1.29, 1.82) is 0 Å². The maximum atomic E-state index is 12.3. The minimum Gasteiger partial charge on any atom is -0.497 e. The van der Waals surface area contributed by atoms with E-state index in [0.717, 1.165) is 11.3 Å². The standard InChI is InChI=1S/C14H17N3O4S2/c1-9-12(13(18)17(2)3)22-14(15-9)16-23(19,20)11-7-5-10(21-4)6-8-11/h5-8H,1-4H3,(H,15,16). The molecule has 124 valence electrons. The van der Waals surface area contributed by atoms with Gasteiger partial charge in [-0.15, -0.1) is 0 Å². The van der Waals surface area contributed by atoms with Crippen LogP contribution in [0.25, 0.3) is 0 Å². The Morgan fingerprint density at radius 2 is 1.87 bits per heavy atom. The van der Waals surface area contributed by atoms with Crippen molar-refractivity contribution in [2.24, 2.45) is 0 Å².